The van der Waals surface area contributed by atoms with E-state index in [1.165, 1.54) is 10.9 Å². The van der Waals surface area contributed by atoms with E-state index in [2.05, 4.69) is 23.3 Å². The summed E-state index contributed by atoms with van der Waals surface area (Å²) >= 11 is 0. The fourth-order valence-electron chi connectivity index (χ4n) is 2.84. The average molecular weight is 228 g/mol. The number of H-pyrrole nitrogens is 1. The minimum absolute atomic E-state index is 0.179. The van der Waals surface area contributed by atoms with Crippen LogP contribution in [0.4, 0.5) is 0 Å². The van der Waals surface area contributed by atoms with E-state index in [1.54, 1.807) is 6.92 Å². The molecule has 2 heterocycles. The molecule has 1 atom stereocenters. The number of para-hydroxylation sites is 1. The molecule has 0 radical (unpaired) electrons. The predicted molar refractivity (Wildman–Crippen MR) is 67.7 cm³/mol. The zero-order chi connectivity index (χ0) is 11.8. The van der Waals surface area contributed by atoms with Crippen molar-refractivity contribution in [2.24, 2.45) is 0 Å². The molecular weight excluding hydrogens is 212 g/mol. The molecule has 1 aromatic carbocycles. The molecule has 3 rings (SSSR count). The lowest BCUT2D eigenvalue weighted by molar-refractivity contribution is -0.129. The number of carbonyl (C=O) groups is 1. The van der Waals surface area contributed by atoms with Crippen LogP contribution in [0.15, 0.2) is 30.5 Å². The van der Waals surface area contributed by atoms with E-state index in [0.29, 0.717) is 0 Å². The van der Waals surface area contributed by atoms with Crippen molar-refractivity contribution in [1.29, 1.82) is 0 Å². The SMILES string of the molecule is CC(=O)N1CCCC1c1c[nH]c2ccccc12. The van der Waals surface area contributed by atoms with E-state index in [-0.39, 0.29) is 11.9 Å². The Morgan fingerprint density at radius 2 is 2.24 bits per heavy atom. The number of hydrogen-bond donors (Lipinski definition) is 1. The normalized spacial score (nSPS) is 20.1. The van der Waals surface area contributed by atoms with Crippen LogP contribution in [0.2, 0.25) is 0 Å². The molecular formula is C14H16N2O. The molecule has 1 unspecified atom stereocenters. The van der Waals surface area contributed by atoms with Gasteiger partial charge in [0.2, 0.25) is 5.91 Å². The maximum atomic E-state index is 11.6. The average Bonchev–Trinajstić information content (AvgIpc) is 2.94. The van der Waals surface area contributed by atoms with Crippen molar-refractivity contribution in [1.82, 2.24) is 9.88 Å². The van der Waals surface area contributed by atoms with Gasteiger partial charge in [0.15, 0.2) is 0 Å². The van der Waals surface area contributed by atoms with Crippen molar-refractivity contribution in [2.45, 2.75) is 25.8 Å². The Bertz CT molecular complexity index is 558. The highest BCUT2D eigenvalue weighted by Gasteiger charge is 2.29. The third kappa shape index (κ3) is 1.62. The lowest BCUT2D eigenvalue weighted by Gasteiger charge is -2.22. The first kappa shape index (κ1) is 10.4. The highest BCUT2D eigenvalue weighted by atomic mass is 16.2. The number of hydrogen-bond acceptors (Lipinski definition) is 1. The minimum Gasteiger partial charge on any atom is -0.361 e. The molecule has 0 saturated carbocycles. The molecule has 1 amide bonds. The van der Waals surface area contributed by atoms with Crippen molar-refractivity contribution in [2.75, 3.05) is 6.54 Å². The van der Waals surface area contributed by atoms with Gasteiger partial charge in [-0.2, -0.15) is 0 Å². The van der Waals surface area contributed by atoms with Gasteiger partial charge in [-0.15, -0.1) is 0 Å². The van der Waals surface area contributed by atoms with Crippen LogP contribution in [0.5, 0.6) is 0 Å². The fourth-order valence-corrected chi connectivity index (χ4v) is 2.84. The van der Waals surface area contributed by atoms with Crippen molar-refractivity contribution in [3.8, 4) is 0 Å². The van der Waals surface area contributed by atoms with Gasteiger partial charge < -0.3 is 9.88 Å². The topological polar surface area (TPSA) is 36.1 Å². The van der Waals surface area contributed by atoms with Crippen LogP contribution in [0.25, 0.3) is 10.9 Å². The van der Waals surface area contributed by atoms with Gasteiger partial charge in [0.05, 0.1) is 6.04 Å². The predicted octanol–water partition coefficient (Wildman–Crippen LogP) is 2.85. The highest BCUT2D eigenvalue weighted by molar-refractivity contribution is 5.84. The second kappa shape index (κ2) is 3.91. The summed E-state index contributed by atoms with van der Waals surface area (Å²) in [6, 6.07) is 8.53. The Balaban J connectivity index is 2.06. The van der Waals surface area contributed by atoms with Crippen LogP contribution < -0.4 is 0 Å². The van der Waals surface area contributed by atoms with E-state index in [9.17, 15) is 4.79 Å². The van der Waals surface area contributed by atoms with Crippen LogP contribution in [0.1, 0.15) is 31.4 Å². The van der Waals surface area contributed by atoms with Crippen LogP contribution in [-0.2, 0) is 4.79 Å². The molecule has 2 aromatic rings. The first-order valence-corrected chi connectivity index (χ1v) is 6.10. The van der Waals surface area contributed by atoms with Gasteiger partial charge >= 0.3 is 0 Å². The molecule has 0 spiro atoms. The molecule has 1 saturated heterocycles. The molecule has 17 heavy (non-hydrogen) atoms. The summed E-state index contributed by atoms with van der Waals surface area (Å²) in [4.78, 5) is 16.9. The van der Waals surface area contributed by atoms with E-state index in [0.717, 1.165) is 24.9 Å². The second-order valence-electron chi connectivity index (χ2n) is 4.66. The summed E-state index contributed by atoms with van der Waals surface area (Å²) in [6.45, 7) is 2.55. The van der Waals surface area contributed by atoms with Gasteiger partial charge in [0.1, 0.15) is 0 Å². The van der Waals surface area contributed by atoms with Crippen molar-refractivity contribution in [3.05, 3.63) is 36.0 Å². The molecule has 0 bridgehead atoms. The monoisotopic (exact) mass is 228 g/mol. The van der Waals surface area contributed by atoms with Crippen LogP contribution in [0.3, 0.4) is 0 Å². The van der Waals surface area contributed by atoms with E-state index < -0.39 is 0 Å². The maximum absolute atomic E-state index is 11.6. The summed E-state index contributed by atoms with van der Waals surface area (Å²) in [5.74, 6) is 0.179. The quantitative estimate of drug-likeness (QED) is 0.800. The number of amides is 1. The Morgan fingerprint density at radius 1 is 1.41 bits per heavy atom. The summed E-state index contributed by atoms with van der Waals surface area (Å²) in [5, 5.41) is 1.24. The van der Waals surface area contributed by atoms with Crippen molar-refractivity contribution in [3.63, 3.8) is 0 Å². The van der Waals surface area contributed by atoms with Crippen LogP contribution in [-0.4, -0.2) is 22.3 Å². The van der Waals surface area contributed by atoms with Gasteiger partial charge in [0.25, 0.3) is 0 Å². The number of rotatable bonds is 1. The third-order valence-corrected chi connectivity index (χ3v) is 3.64. The highest BCUT2D eigenvalue weighted by Crippen LogP contribution is 2.35. The molecule has 1 aliphatic heterocycles. The van der Waals surface area contributed by atoms with Crippen LogP contribution >= 0.6 is 0 Å². The standard InChI is InChI=1S/C14H16N2O/c1-10(17)16-8-4-7-14(16)12-9-15-13-6-3-2-5-11(12)13/h2-3,5-6,9,14-15H,4,7-8H2,1H3. The summed E-state index contributed by atoms with van der Waals surface area (Å²) in [7, 11) is 0. The zero-order valence-corrected chi connectivity index (χ0v) is 9.94. The molecule has 1 N–H and O–H groups in total. The van der Waals surface area contributed by atoms with Crippen molar-refractivity contribution >= 4 is 16.8 Å². The number of nitrogens with zero attached hydrogens (tertiary/aromatic N) is 1. The Labute approximate surface area is 100 Å². The van der Waals surface area contributed by atoms with Gasteiger partial charge in [-0.3, -0.25) is 4.79 Å². The van der Waals surface area contributed by atoms with E-state index in [4.69, 9.17) is 0 Å². The number of likely N-dealkylation sites (tertiary alicyclic amines) is 1. The number of fused-ring (bicyclic) bond motifs is 1. The largest absolute Gasteiger partial charge is 0.361 e. The van der Waals surface area contributed by atoms with Gasteiger partial charge in [-0.25, -0.2) is 0 Å². The fraction of sp³-hybridized carbons (Fsp3) is 0.357. The van der Waals surface area contributed by atoms with E-state index in [1.807, 2.05) is 17.0 Å². The van der Waals surface area contributed by atoms with Gasteiger partial charge in [0, 0.05) is 30.6 Å². The van der Waals surface area contributed by atoms with Crippen molar-refractivity contribution < 1.29 is 4.79 Å². The molecule has 88 valence electrons. The Kier molecular flexibility index (Phi) is 2.39. The Hall–Kier alpha value is -1.77. The smallest absolute Gasteiger partial charge is 0.219 e. The number of aromatic amines is 1. The number of nitrogens with one attached hydrogen (secondary N) is 1. The molecule has 3 nitrogen and oxygen atoms in total. The summed E-state index contributed by atoms with van der Waals surface area (Å²) in [5.41, 5.74) is 2.41. The summed E-state index contributed by atoms with van der Waals surface area (Å²) < 4.78 is 0. The molecule has 0 aliphatic carbocycles. The van der Waals surface area contributed by atoms with E-state index >= 15 is 0 Å². The van der Waals surface area contributed by atoms with Crippen LogP contribution in [0, 0.1) is 0 Å². The third-order valence-electron chi connectivity index (χ3n) is 3.64. The zero-order valence-electron chi connectivity index (χ0n) is 9.94. The first-order valence-electron chi connectivity index (χ1n) is 6.10. The lowest BCUT2D eigenvalue weighted by atomic mass is 10.0. The van der Waals surface area contributed by atoms with Gasteiger partial charge in [-0.05, 0) is 24.5 Å². The molecule has 1 aromatic heterocycles. The molecule has 1 aliphatic rings. The number of carbonyl (C=O) groups excluding carboxylic acids is 1. The number of aromatic nitrogens is 1. The minimum atomic E-state index is 0.179. The second-order valence-corrected chi connectivity index (χ2v) is 4.66. The number of benzene rings is 1. The molecule has 3 heteroatoms. The summed E-state index contributed by atoms with van der Waals surface area (Å²) in [6.07, 6.45) is 4.22. The maximum Gasteiger partial charge on any atom is 0.219 e. The Morgan fingerprint density at radius 3 is 3.06 bits per heavy atom. The lowest BCUT2D eigenvalue weighted by Crippen LogP contribution is -2.27. The molecule has 1 fully saturated rings. The first-order chi connectivity index (χ1) is 8.27. The van der Waals surface area contributed by atoms with Gasteiger partial charge in [-0.1, -0.05) is 18.2 Å².